The van der Waals surface area contributed by atoms with Crippen molar-refractivity contribution in [2.24, 2.45) is 0 Å². The number of nitrogens with zero attached hydrogens (tertiary/aromatic N) is 4. The topological polar surface area (TPSA) is 41.9 Å². The Kier molecular flexibility index (Phi) is 5.79. The van der Waals surface area contributed by atoms with Crippen molar-refractivity contribution in [2.45, 2.75) is 26.7 Å². The van der Waals surface area contributed by atoms with Gasteiger partial charge in [-0.1, -0.05) is 31.2 Å². The number of aromatic nitrogens is 3. The van der Waals surface area contributed by atoms with Crippen LogP contribution in [0.2, 0.25) is 5.28 Å². The molecule has 6 heteroatoms. The van der Waals surface area contributed by atoms with E-state index in [-0.39, 0.29) is 5.28 Å². The number of likely N-dealkylation sites (N-methyl/N-ethyl adjacent to an activating group) is 1. The van der Waals surface area contributed by atoms with Crippen molar-refractivity contribution >= 4 is 39.0 Å². The average molecular weight is 423 g/mol. The zero-order valence-electron chi connectivity index (χ0n) is 16.8. The van der Waals surface area contributed by atoms with Gasteiger partial charge in [0.05, 0.1) is 5.39 Å². The minimum absolute atomic E-state index is 0.289. The van der Waals surface area contributed by atoms with Gasteiger partial charge in [0.25, 0.3) is 0 Å². The van der Waals surface area contributed by atoms with Crippen molar-refractivity contribution in [1.29, 1.82) is 0 Å². The van der Waals surface area contributed by atoms with E-state index in [1.807, 2.05) is 24.5 Å². The van der Waals surface area contributed by atoms with E-state index in [1.54, 1.807) is 11.3 Å². The van der Waals surface area contributed by atoms with Crippen LogP contribution in [0, 0.1) is 6.92 Å². The van der Waals surface area contributed by atoms with Crippen molar-refractivity contribution in [3.63, 3.8) is 0 Å². The lowest BCUT2D eigenvalue weighted by Gasteiger charge is -2.20. The van der Waals surface area contributed by atoms with Crippen LogP contribution in [0.5, 0.6) is 0 Å². The molecular formula is C23H23ClN4S. The molecule has 148 valence electrons. The molecule has 0 saturated heterocycles. The summed E-state index contributed by atoms with van der Waals surface area (Å²) in [5.74, 6) is 0.882. The van der Waals surface area contributed by atoms with E-state index in [0.29, 0.717) is 0 Å². The van der Waals surface area contributed by atoms with Gasteiger partial charge in [-0.25, -0.2) is 4.98 Å². The Hall–Kier alpha value is -2.50. The fourth-order valence-corrected chi connectivity index (χ4v) is 4.81. The number of pyridine rings is 1. The number of benzene rings is 1. The van der Waals surface area contributed by atoms with Crippen LogP contribution in [-0.4, -0.2) is 28.5 Å². The fourth-order valence-electron chi connectivity index (χ4n) is 3.55. The molecule has 0 unspecified atom stereocenters. The molecule has 0 amide bonds. The van der Waals surface area contributed by atoms with E-state index in [4.69, 9.17) is 11.6 Å². The van der Waals surface area contributed by atoms with Gasteiger partial charge in [-0.3, -0.25) is 4.98 Å². The van der Waals surface area contributed by atoms with Gasteiger partial charge in [-0.15, -0.1) is 11.3 Å². The number of fused-ring (bicyclic) bond motifs is 1. The monoisotopic (exact) mass is 422 g/mol. The van der Waals surface area contributed by atoms with Crippen LogP contribution in [0.1, 0.15) is 22.9 Å². The zero-order valence-corrected chi connectivity index (χ0v) is 18.4. The van der Waals surface area contributed by atoms with E-state index in [1.165, 1.54) is 27.1 Å². The summed E-state index contributed by atoms with van der Waals surface area (Å²) in [7, 11) is 2.07. The third-order valence-corrected chi connectivity index (χ3v) is 6.35. The second-order valence-electron chi connectivity index (χ2n) is 7.11. The number of rotatable bonds is 6. The molecule has 0 spiro atoms. The summed E-state index contributed by atoms with van der Waals surface area (Å²) in [6, 6.07) is 12.9. The Bertz CT molecular complexity index is 1120. The quantitative estimate of drug-likeness (QED) is 0.360. The second kappa shape index (κ2) is 8.47. The van der Waals surface area contributed by atoms with Gasteiger partial charge in [0, 0.05) is 36.4 Å². The van der Waals surface area contributed by atoms with E-state index >= 15 is 0 Å². The Balaban J connectivity index is 1.76. The predicted molar refractivity (Wildman–Crippen MR) is 123 cm³/mol. The third-order valence-electron chi connectivity index (χ3n) is 5.18. The smallest absolute Gasteiger partial charge is 0.225 e. The highest BCUT2D eigenvalue weighted by Crippen LogP contribution is 2.42. The van der Waals surface area contributed by atoms with Crippen LogP contribution in [0.25, 0.3) is 21.3 Å². The first-order valence-corrected chi connectivity index (χ1v) is 10.9. The van der Waals surface area contributed by atoms with Gasteiger partial charge in [0.2, 0.25) is 5.28 Å². The maximum absolute atomic E-state index is 6.28. The van der Waals surface area contributed by atoms with Crippen LogP contribution in [0.15, 0.2) is 48.8 Å². The SMILES string of the molecule is CCc1ccc(-c2c(C)sc3nc(Cl)nc(N(C)CCc4ccncc4)c23)cc1. The van der Waals surface area contributed by atoms with E-state index in [0.717, 1.165) is 35.4 Å². The highest BCUT2D eigenvalue weighted by Gasteiger charge is 2.20. The molecule has 0 N–H and O–H groups in total. The lowest BCUT2D eigenvalue weighted by molar-refractivity contribution is 0.861. The lowest BCUT2D eigenvalue weighted by atomic mass is 10.0. The summed E-state index contributed by atoms with van der Waals surface area (Å²) in [5, 5.41) is 1.37. The van der Waals surface area contributed by atoms with Crippen LogP contribution in [-0.2, 0) is 12.8 Å². The number of aryl methyl sites for hydroxylation is 2. The molecule has 0 aliphatic rings. The number of hydrogen-bond donors (Lipinski definition) is 0. The molecule has 4 aromatic rings. The normalized spacial score (nSPS) is 11.2. The van der Waals surface area contributed by atoms with Gasteiger partial charge < -0.3 is 4.90 Å². The number of anilines is 1. The van der Waals surface area contributed by atoms with Crippen LogP contribution < -0.4 is 4.90 Å². The van der Waals surface area contributed by atoms with Crippen molar-refractivity contribution in [1.82, 2.24) is 15.0 Å². The molecular weight excluding hydrogens is 400 g/mol. The summed E-state index contributed by atoms with van der Waals surface area (Å²) in [6.07, 6.45) is 5.60. The molecule has 0 atom stereocenters. The molecule has 0 bridgehead atoms. The summed E-state index contributed by atoms with van der Waals surface area (Å²) < 4.78 is 0. The zero-order chi connectivity index (χ0) is 20.4. The lowest BCUT2D eigenvalue weighted by Crippen LogP contribution is -2.22. The minimum Gasteiger partial charge on any atom is -0.359 e. The van der Waals surface area contributed by atoms with E-state index < -0.39 is 0 Å². The van der Waals surface area contributed by atoms with Gasteiger partial charge in [-0.2, -0.15) is 4.98 Å². The number of halogens is 1. The highest BCUT2D eigenvalue weighted by molar-refractivity contribution is 7.19. The summed E-state index contributed by atoms with van der Waals surface area (Å²) in [4.78, 5) is 17.6. The highest BCUT2D eigenvalue weighted by atomic mass is 35.5. The van der Waals surface area contributed by atoms with Crippen molar-refractivity contribution in [3.8, 4) is 11.1 Å². The summed E-state index contributed by atoms with van der Waals surface area (Å²) in [5.41, 5.74) is 4.98. The second-order valence-corrected chi connectivity index (χ2v) is 8.65. The Morgan fingerprint density at radius 3 is 2.41 bits per heavy atom. The maximum atomic E-state index is 6.28. The average Bonchev–Trinajstić information content (AvgIpc) is 3.07. The Morgan fingerprint density at radius 2 is 1.72 bits per heavy atom. The Morgan fingerprint density at radius 1 is 1.00 bits per heavy atom. The van der Waals surface area contributed by atoms with Crippen molar-refractivity contribution < 1.29 is 0 Å². The van der Waals surface area contributed by atoms with Gasteiger partial charge >= 0.3 is 0 Å². The molecule has 3 heterocycles. The number of hydrogen-bond acceptors (Lipinski definition) is 5. The molecule has 0 fully saturated rings. The first-order valence-electron chi connectivity index (χ1n) is 9.72. The molecule has 29 heavy (non-hydrogen) atoms. The largest absolute Gasteiger partial charge is 0.359 e. The summed E-state index contributed by atoms with van der Waals surface area (Å²) >= 11 is 7.96. The first kappa shape index (κ1) is 19.8. The molecule has 4 nitrogen and oxygen atoms in total. The van der Waals surface area contributed by atoms with E-state index in [2.05, 4.69) is 65.0 Å². The fraction of sp³-hybridized carbons (Fsp3) is 0.261. The van der Waals surface area contributed by atoms with Crippen molar-refractivity contribution in [3.05, 3.63) is 70.1 Å². The first-order chi connectivity index (χ1) is 14.1. The standard InChI is InChI=1S/C23H23ClN4S/c1-4-16-5-7-18(8-6-16)19-15(2)29-22-20(19)21(26-23(24)27-22)28(3)14-11-17-9-12-25-13-10-17/h5-10,12-13H,4,11,14H2,1-3H3. The minimum atomic E-state index is 0.289. The van der Waals surface area contributed by atoms with Gasteiger partial charge in [0.15, 0.2) is 0 Å². The molecule has 0 radical (unpaired) electrons. The van der Waals surface area contributed by atoms with Crippen LogP contribution in [0.3, 0.4) is 0 Å². The molecule has 3 aromatic heterocycles. The van der Waals surface area contributed by atoms with Crippen molar-refractivity contribution in [2.75, 3.05) is 18.5 Å². The molecule has 0 aliphatic carbocycles. The molecule has 0 aliphatic heterocycles. The third kappa shape index (κ3) is 4.11. The summed E-state index contributed by atoms with van der Waals surface area (Å²) in [6.45, 7) is 5.14. The van der Waals surface area contributed by atoms with Crippen LogP contribution in [0.4, 0.5) is 5.82 Å². The number of thiophene rings is 1. The molecule has 1 aromatic carbocycles. The Labute approximate surface area is 180 Å². The molecule has 4 rings (SSSR count). The molecule has 0 saturated carbocycles. The van der Waals surface area contributed by atoms with Gasteiger partial charge in [0.1, 0.15) is 10.6 Å². The van der Waals surface area contributed by atoms with Gasteiger partial charge in [-0.05, 0) is 60.2 Å². The maximum Gasteiger partial charge on any atom is 0.225 e. The van der Waals surface area contributed by atoms with E-state index in [9.17, 15) is 0 Å². The van der Waals surface area contributed by atoms with Crippen LogP contribution >= 0.6 is 22.9 Å². The predicted octanol–water partition coefficient (Wildman–Crippen LogP) is 5.96.